The summed E-state index contributed by atoms with van der Waals surface area (Å²) in [7, 11) is -3.55. The molecule has 0 saturated heterocycles. The highest BCUT2D eigenvalue weighted by Crippen LogP contribution is 2.27. The van der Waals surface area contributed by atoms with Crippen molar-refractivity contribution in [1.82, 2.24) is 14.3 Å². The number of rotatable bonds is 11. The van der Waals surface area contributed by atoms with Crippen molar-refractivity contribution in [3.63, 3.8) is 0 Å². The molecule has 0 spiro atoms. The minimum absolute atomic E-state index is 0.0641. The molecule has 3 rings (SSSR count). The Morgan fingerprint density at radius 1 is 0.946 bits per heavy atom. The zero-order chi connectivity index (χ0) is 27.2. The highest BCUT2D eigenvalue weighted by Gasteiger charge is 2.28. The molecule has 1 atom stereocenters. The first-order valence-electron chi connectivity index (χ1n) is 11.1. The summed E-state index contributed by atoms with van der Waals surface area (Å²) in [5.74, 6) is -0.470. The molecule has 198 valence electrons. The standard InChI is InChI=1S/C25H28ClN3O6S2/c1-29(2)37(33,34)21-12-9-19(10-13-21)17-27-25(30)22(15-18-7-5-4-6-8-18)28-36(31,32)24-16-20(26)11-14-23(24)35-3/h4-14,16,22,28H,15,17H2,1-3H3,(H,27,30)/t22-/m0/s1. The summed E-state index contributed by atoms with van der Waals surface area (Å²) in [6.45, 7) is 0.0641. The molecule has 12 heteroatoms. The fourth-order valence-corrected chi connectivity index (χ4v) is 5.98. The number of sulfonamides is 2. The van der Waals surface area contributed by atoms with Crippen molar-refractivity contribution in [2.45, 2.75) is 28.8 Å². The first-order chi connectivity index (χ1) is 17.4. The van der Waals surface area contributed by atoms with Crippen LogP contribution in [0, 0.1) is 0 Å². The highest BCUT2D eigenvalue weighted by molar-refractivity contribution is 7.89. The lowest BCUT2D eigenvalue weighted by atomic mass is 10.1. The molecular formula is C25H28ClN3O6S2. The molecule has 0 radical (unpaired) electrons. The van der Waals surface area contributed by atoms with E-state index in [4.69, 9.17) is 16.3 Å². The third kappa shape index (κ3) is 7.30. The van der Waals surface area contributed by atoms with Crippen LogP contribution < -0.4 is 14.8 Å². The minimum atomic E-state index is -4.19. The van der Waals surface area contributed by atoms with Gasteiger partial charge in [0.15, 0.2) is 0 Å². The molecule has 0 aliphatic carbocycles. The van der Waals surface area contributed by atoms with Crippen LogP contribution in [-0.4, -0.2) is 54.3 Å². The summed E-state index contributed by atoms with van der Waals surface area (Å²) in [5, 5.41) is 2.93. The van der Waals surface area contributed by atoms with Crippen molar-refractivity contribution >= 4 is 37.6 Å². The Hall–Kier alpha value is -2.96. The van der Waals surface area contributed by atoms with Gasteiger partial charge in [-0.25, -0.2) is 21.1 Å². The fraction of sp³-hybridized carbons (Fsp3) is 0.240. The van der Waals surface area contributed by atoms with E-state index >= 15 is 0 Å². The number of hydrogen-bond donors (Lipinski definition) is 2. The zero-order valence-corrected chi connectivity index (χ0v) is 22.9. The molecule has 0 heterocycles. The van der Waals surface area contributed by atoms with E-state index in [0.717, 1.165) is 9.87 Å². The van der Waals surface area contributed by atoms with Crippen LogP contribution in [0.3, 0.4) is 0 Å². The Kier molecular flexibility index (Phi) is 9.32. The first-order valence-corrected chi connectivity index (χ1v) is 14.4. The summed E-state index contributed by atoms with van der Waals surface area (Å²) in [6, 6.07) is 18.1. The number of methoxy groups -OCH3 is 1. The molecule has 0 aliphatic heterocycles. The van der Waals surface area contributed by atoms with Gasteiger partial charge in [0.05, 0.1) is 12.0 Å². The zero-order valence-electron chi connectivity index (χ0n) is 20.5. The summed E-state index contributed by atoms with van der Waals surface area (Å²) >= 11 is 6.02. The summed E-state index contributed by atoms with van der Waals surface area (Å²) in [6.07, 6.45) is 0.0921. The molecule has 0 aromatic heterocycles. The van der Waals surface area contributed by atoms with Gasteiger partial charge in [-0.3, -0.25) is 4.79 Å². The molecule has 0 saturated carbocycles. The van der Waals surface area contributed by atoms with Gasteiger partial charge in [-0.2, -0.15) is 4.72 Å². The predicted octanol–water partition coefficient (Wildman–Crippen LogP) is 2.80. The van der Waals surface area contributed by atoms with Crippen LogP contribution in [0.15, 0.2) is 82.6 Å². The average Bonchev–Trinajstić information content (AvgIpc) is 2.87. The maximum absolute atomic E-state index is 13.2. The minimum Gasteiger partial charge on any atom is -0.495 e. The molecule has 3 aromatic carbocycles. The summed E-state index contributed by atoms with van der Waals surface area (Å²) < 4.78 is 59.8. The third-order valence-electron chi connectivity index (χ3n) is 5.48. The van der Waals surface area contributed by atoms with E-state index in [1.807, 2.05) is 6.07 Å². The maximum atomic E-state index is 13.2. The average molecular weight is 566 g/mol. The Morgan fingerprint density at radius 3 is 2.19 bits per heavy atom. The molecule has 0 fully saturated rings. The number of halogens is 1. The molecule has 1 amide bonds. The second kappa shape index (κ2) is 12.1. The molecule has 0 unspecified atom stereocenters. The second-order valence-electron chi connectivity index (χ2n) is 8.31. The topological polar surface area (TPSA) is 122 Å². The van der Waals surface area contributed by atoms with Gasteiger partial charge in [-0.15, -0.1) is 0 Å². The first kappa shape index (κ1) is 28.6. The van der Waals surface area contributed by atoms with Crippen LogP contribution in [-0.2, 0) is 37.8 Å². The van der Waals surface area contributed by atoms with Crippen molar-refractivity contribution in [3.05, 3.63) is 88.9 Å². The molecule has 0 bridgehead atoms. The Balaban J connectivity index is 1.81. The number of carbonyl (C=O) groups is 1. The lowest BCUT2D eigenvalue weighted by Gasteiger charge is -2.20. The highest BCUT2D eigenvalue weighted by atomic mass is 35.5. The van der Waals surface area contributed by atoms with Crippen molar-refractivity contribution in [2.75, 3.05) is 21.2 Å². The third-order valence-corrected chi connectivity index (χ3v) is 9.04. The lowest BCUT2D eigenvalue weighted by molar-refractivity contribution is -0.122. The van der Waals surface area contributed by atoms with Crippen LogP contribution >= 0.6 is 11.6 Å². The number of ether oxygens (including phenoxy) is 1. The Morgan fingerprint density at radius 2 is 1.59 bits per heavy atom. The largest absolute Gasteiger partial charge is 0.495 e. The Labute approximate surface area is 222 Å². The van der Waals surface area contributed by atoms with E-state index in [2.05, 4.69) is 10.0 Å². The van der Waals surface area contributed by atoms with Crippen LogP contribution in [0.5, 0.6) is 5.75 Å². The van der Waals surface area contributed by atoms with E-state index in [0.29, 0.717) is 5.56 Å². The lowest BCUT2D eigenvalue weighted by Crippen LogP contribution is -2.47. The van der Waals surface area contributed by atoms with Crippen LogP contribution in [0.2, 0.25) is 5.02 Å². The second-order valence-corrected chi connectivity index (χ2v) is 12.6. The van der Waals surface area contributed by atoms with Crippen molar-refractivity contribution in [1.29, 1.82) is 0 Å². The summed E-state index contributed by atoms with van der Waals surface area (Å²) in [5.41, 5.74) is 1.39. The number of nitrogens with one attached hydrogen (secondary N) is 2. The quantitative estimate of drug-likeness (QED) is 0.369. The molecular weight excluding hydrogens is 538 g/mol. The van der Waals surface area contributed by atoms with Crippen LogP contribution in [0.25, 0.3) is 0 Å². The van der Waals surface area contributed by atoms with Crippen LogP contribution in [0.4, 0.5) is 0 Å². The Bertz CT molecular complexity index is 1450. The van der Waals surface area contributed by atoms with E-state index < -0.39 is 32.0 Å². The van der Waals surface area contributed by atoms with Gasteiger partial charge < -0.3 is 10.1 Å². The molecule has 37 heavy (non-hydrogen) atoms. The summed E-state index contributed by atoms with van der Waals surface area (Å²) in [4.78, 5) is 13.1. The SMILES string of the molecule is COc1ccc(Cl)cc1S(=O)(=O)N[C@@H](Cc1ccccc1)C(=O)NCc1ccc(S(=O)(=O)N(C)C)cc1. The van der Waals surface area contributed by atoms with Crippen molar-refractivity contribution in [3.8, 4) is 5.75 Å². The van der Waals surface area contributed by atoms with Gasteiger partial charge >= 0.3 is 0 Å². The van der Waals surface area contributed by atoms with Crippen molar-refractivity contribution in [2.24, 2.45) is 0 Å². The molecule has 3 aromatic rings. The monoisotopic (exact) mass is 565 g/mol. The van der Waals surface area contributed by atoms with Gasteiger partial charge in [0.1, 0.15) is 16.7 Å². The number of nitrogens with zero attached hydrogens (tertiary/aromatic N) is 1. The van der Waals surface area contributed by atoms with Gasteiger partial charge in [-0.1, -0.05) is 54.1 Å². The fourth-order valence-electron chi connectivity index (χ4n) is 3.45. The number of benzene rings is 3. The normalized spacial score (nSPS) is 12.8. The number of amides is 1. The van der Waals surface area contributed by atoms with E-state index in [-0.39, 0.29) is 33.5 Å². The van der Waals surface area contributed by atoms with E-state index in [1.54, 1.807) is 36.4 Å². The smallest absolute Gasteiger partial charge is 0.245 e. The number of carbonyl (C=O) groups excluding carboxylic acids is 1. The molecule has 0 aliphatic rings. The predicted molar refractivity (Wildman–Crippen MR) is 141 cm³/mol. The van der Waals surface area contributed by atoms with Gasteiger partial charge in [0, 0.05) is 25.7 Å². The molecule has 9 nitrogen and oxygen atoms in total. The molecule has 2 N–H and O–H groups in total. The maximum Gasteiger partial charge on any atom is 0.245 e. The van der Waals surface area contributed by atoms with Gasteiger partial charge in [-0.05, 0) is 47.9 Å². The van der Waals surface area contributed by atoms with Crippen LogP contribution in [0.1, 0.15) is 11.1 Å². The number of hydrogen-bond acceptors (Lipinski definition) is 6. The van der Waals surface area contributed by atoms with E-state index in [1.165, 1.54) is 51.5 Å². The van der Waals surface area contributed by atoms with Crippen molar-refractivity contribution < 1.29 is 26.4 Å². The van der Waals surface area contributed by atoms with Gasteiger partial charge in [0.2, 0.25) is 26.0 Å². The van der Waals surface area contributed by atoms with Gasteiger partial charge in [0.25, 0.3) is 0 Å². The van der Waals surface area contributed by atoms with E-state index in [9.17, 15) is 21.6 Å².